The van der Waals surface area contributed by atoms with Gasteiger partial charge < -0.3 is 19.9 Å². The fourth-order valence-electron chi connectivity index (χ4n) is 3.38. The van der Waals surface area contributed by atoms with Gasteiger partial charge in [-0.3, -0.25) is 4.79 Å². The Kier molecular flexibility index (Phi) is 5.39. The Labute approximate surface area is 148 Å². The summed E-state index contributed by atoms with van der Waals surface area (Å²) in [5.41, 5.74) is 2.40. The summed E-state index contributed by atoms with van der Waals surface area (Å²) in [5.74, 6) is 1.52. The minimum Gasteiger partial charge on any atom is -0.390 e. The predicted octanol–water partition coefficient (Wildman–Crippen LogP) is 1.70. The summed E-state index contributed by atoms with van der Waals surface area (Å²) in [6.45, 7) is 7.16. The van der Waals surface area contributed by atoms with Crippen molar-refractivity contribution >= 4 is 16.9 Å². The van der Waals surface area contributed by atoms with Gasteiger partial charge in [-0.05, 0) is 57.0 Å². The second-order valence-electron chi connectivity index (χ2n) is 7.27. The van der Waals surface area contributed by atoms with Crippen LogP contribution in [0, 0.1) is 12.8 Å². The molecule has 1 amide bonds. The third-order valence-electron chi connectivity index (χ3n) is 5.21. The van der Waals surface area contributed by atoms with E-state index in [1.165, 1.54) is 12.8 Å². The van der Waals surface area contributed by atoms with Gasteiger partial charge >= 0.3 is 0 Å². The number of fused-ring (bicyclic) bond motifs is 1. The third kappa shape index (κ3) is 4.19. The molecule has 2 N–H and O–H groups in total. The highest BCUT2D eigenvalue weighted by molar-refractivity contribution is 5.97. The summed E-state index contributed by atoms with van der Waals surface area (Å²) in [7, 11) is 1.96. The van der Waals surface area contributed by atoms with Crippen molar-refractivity contribution in [3.05, 3.63) is 29.6 Å². The van der Waals surface area contributed by atoms with Crippen LogP contribution in [0.2, 0.25) is 0 Å². The molecule has 1 aromatic heterocycles. The van der Waals surface area contributed by atoms with Crippen LogP contribution < -0.4 is 5.32 Å². The average Bonchev–Trinajstić information content (AvgIpc) is 2.88. The Morgan fingerprint density at radius 3 is 2.84 bits per heavy atom. The van der Waals surface area contributed by atoms with Crippen LogP contribution in [0.4, 0.5) is 0 Å². The number of rotatable bonds is 5. The Hall–Kier alpha value is -1.92. The molecular formula is C19H28N4O2. The largest absolute Gasteiger partial charge is 0.390 e. The van der Waals surface area contributed by atoms with Crippen LogP contribution >= 0.6 is 0 Å². The van der Waals surface area contributed by atoms with Crippen molar-refractivity contribution in [1.82, 2.24) is 19.8 Å². The molecule has 1 atom stereocenters. The van der Waals surface area contributed by atoms with E-state index in [1.54, 1.807) is 12.1 Å². The standard InChI is InChI=1S/C19H28N4O2/c1-13-6-8-23(9-7-13)12-16(24)11-20-19(25)15-4-5-18-17(10-15)21-14(2)22(18)3/h4-5,10,13,16,24H,6-9,11-12H2,1-3H3,(H,20,25). The Balaban J connectivity index is 1.53. The summed E-state index contributed by atoms with van der Waals surface area (Å²) in [6, 6.07) is 5.52. The monoisotopic (exact) mass is 344 g/mol. The van der Waals surface area contributed by atoms with Crippen molar-refractivity contribution in [2.75, 3.05) is 26.2 Å². The number of hydrogen-bond donors (Lipinski definition) is 2. The number of likely N-dealkylation sites (tertiary alicyclic amines) is 1. The number of nitrogens with one attached hydrogen (secondary N) is 1. The van der Waals surface area contributed by atoms with E-state index in [2.05, 4.69) is 22.1 Å². The molecule has 1 unspecified atom stereocenters. The SMILES string of the molecule is Cc1nc2cc(C(=O)NCC(O)CN3CCC(C)CC3)ccc2n1C. The van der Waals surface area contributed by atoms with Crippen LogP contribution in [-0.4, -0.2) is 57.7 Å². The zero-order valence-electron chi connectivity index (χ0n) is 15.3. The lowest BCUT2D eigenvalue weighted by Gasteiger charge is -2.31. The van der Waals surface area contributed by atoms with Crippen molar-refractivity contribution in [2.24, 2.45) is 13.0 Å². The smallest absolute Gasteiger partial charge is 0.251 e. The fraction of sp³-hybridized carbons (Fsp3) is 0.579. The molecule has 0 bridgehead atoms. The van der Waals surface area contributed by atoms with Crippen LogP contribution in [0.3, 0.4) is 0 Å². The maximum absolute atomic E-state index is 12.3. The maximum Gasteiger partial charge on any atom is 0.251 e. The normalized spacial score (nSPS) is 17.8. The molecule has 25 heavy (non-hydrogen) atoms. The number of carbonyl (C=O) groups excluding carboxylic acids is 1. The van der Waals surface area contributed by atoms with Gasteiger partial charge in [-0.15, -0.1) is 0 Å². The zero-order valence-corrected chi connectivity index (χ0v) is 15.3. The van der Waals surface area contributed by atoms with Crippen molar-refractivity contribution in [3.8, 4) is 0 Å². The molecule has 2 heterocycles. The van der Waals surface area contributed by atoms with E-state index < -0.39 is 6.10 Å². The maximum atomic E-state index is 12.3. The molecule has 0 saturated carbocycles. The van der Waals surface area contributed by atoms with E-state index in [1.807, 2.05) is 24.6 Å². The molecule has 6 heteroatoms. The number of benzene rings is 1. The quantitative estimate of drug-likeness (QED) is 0.866. The molecule has 1 fully saturated rings. The lowest BCUT2D eigenvalue weighted by Crippen LogP contribution is -2.43. The predicted molar refractivity (Wildman–Crippen MR) is 98.6 cm³/mol. The average molecular weight is 344 g/mol. The first kappa shape index (κ1) is 17.9. The van der Waals surface area contributed by atoms with Gasteiger partial charge in [0.05, 0.1) is 17.1 Å². The number of aromatic nitrogens is 2. The first-order chi connectivity index (χ1) is 11.9. The number of aliphatic hydroxyl groups excluding tert-OH is 1. The summed E-state index contributed by atoms with van der Waals surface area (Å²) in [4.78, 5) is 19.1. The summed E-state index contributed by atoms with van der Waals surface area (Å²) in [5, 5.41) is 13.0. The molecule has 1 aromatic carbocycles. The van der Waals surface area contributed by atoms with Gasteiger partial charge in [0.2, 0.25) is 0 Å². The molecule has 1 aliphatic heterocycles. The van der Waals surface area contributed by atoms with Gasteiger partial charge in [-0.25, -0.2) is 4.98 Å². The van der Waals surface area contributed by atoms with E-state index in [-0.39, 0.29) is 12.5 Å². The van der Waals surface area contributed by atoms with Crippen LogP contribution in [-0.2, 0) is 7.05 Å². The van der Waals surface area contributed by atoms with E-state index in [0.717, 1.165) is 35.9 Å². The molecule has 0 aliphatic carbocycles. The van der Waals surface area contributed by atoms with Crippen molar-refractivity contribution in [3.63, 3.8) is 0 Å². The number of aliphatic hydroxyl groups is 1. The van der Waals surface area contributed by atoms with Crippen LogP contribution in [0.1, 0.15) is 35.9 Å². The number of aryl methyl sites for hydroxylation is 2. The lowest BCUT2D eigenvalue weighted by atomic mass is 9.99. The highest BCUT2D eigenvalue weighted by Gasteiger charge is 2.19. The molecule has 136 valence electrons. The van der Waals surface area contributed by atoms with Gasteiger partial charge in [0.1, 0.15) is 5.82 Å². The van der Waals surface area contributed by atoms with Gasteiger partial charge in [0.25, 0.3) is 5.91 Å². The van der Waals surface area contributed by atoms with Crippen molar-refractivity contribution in [2.45, 2.75) is 32.8 Å². The molecule has 3 rings (SSSR count). The van der Waals surface area contributed by atoms with E-state index in [0.29, 0.717) is 12.1 Å². The minimum absolute atomic E-state index is 0.170. The number of nitrogens with zero attached hydrogens (tertiary/aromatic N) is 3. The second kappa shape index (κ2) is 7.54. The molecular weight excluding hydrogens is 316 g/mol. The molecule has 2 aromatic rings. The summed E-state index contributed by atoms with van der Waals surface area (Å²) in [6.07, 6.45) is 1.82. The molecule has 0 radical (unpaired) electrons. The number of imidazole rings is 1. The van der Waals surface area contributed by atoms with Crippen LogP contribution in [0.25, 0.3) is 11.0 Å². The number of hydrogen-bond acceptors (Lipinski definition) is 4. The van der Waals surface area contributed by atoms with Crippen molar-refractivity contribution in [1.29, 1.82) is 0 Å². The number of amides is 1. The fourth-order valence-corrected chi connectivity index (χ4v) is 3.38. The van der Waals surface area contributed by atoms with E-state index >= 15 is 0 Å². The topological polar surface area (TPSA) is 70.4 Å². The molecule has 0 spiro atoms. The highest BCUT2D eigenvalue weighted by Crippen LogP contribution is 2.17. The third-order valence-corrected chi connectivity index (χ3v) is 5.21. The van der Waals surface area contributed by atoms with E-state index in [9.17, 15) is 9.90 Å². The zero-order chi connectivity index (χ0) is 18.0. The molecule has 6 nitrogen and oxygen atoms in total. The van der Waals surface area contributed by atoms with Crippen LogP contribution in [0.5, 0.6) is 0 Å². The summed E-state index contributed by atoms with van der Waals surface area (Å²) >= 11 is 0. The van der Waals surface area contributed by atoms with Gasteiger partial charge in [0, 0.05) is 25.7 Å². The Bertz CT molecular complexity index is 747. The first-order valence-electron chi connectivity index (χ1n) is 9.05. The summed E-state index contributed by atoms with van der Waals surface area (Å²) < 4.78 is 2.00. The minimum atomic E-state index is -0.543. The first-order valence-corrected chi connectivity index (χ1v) is 9.05. The number of β-amino-alcohol motifs (C(OH)–C–C–N with tert-alkyl or cyclic N) is 1. The van der Waals surface area contributed by atoms with Crippen molar-refractivity contribution < 1.29 is 9.90 Å². The number of carbonyl (C=O) groups is 1. The van der Waals surface area contributed by atoms with Gasteiger partial charge in [-0.2, -0.15) is 0 Å². The van der Waals surface area contributed by atoms with Gasteiger partial charge in [0.15, 0.2) is 0 Å². The Morgan fingerprint density at radius 1 is 1.40 bits per heavy atom. The second-order valence-corrected chi connectivity index (χ2v) is 7.27. The van der Waals surface area contributed by atoms with Crippen LogP contribution in [0.15, 0.2) is 18.2 Å². The highest BCUT2D eigenvalue weighted by atomic mass is 16.3. The Morgan fingerprint density at radius 2 is 2.12 bits per heavy atom. The van der Waals surface area contributed by atoms with E-state index in [4.69, 9.17) is 0 Å². The lowest BCUT2D eigenvalue weighted by molar-refractivity contribution is 0.0795. The molecule has 1 aliphatic rings. The van der Waals surface area contributed by atoms with Gasteiger partial charge in [-0.1, -0.05) is 6.92 Å². The number of piperidine rings is 1. The molecule has 1 saturated heterocycles.